The molecule has 3 heteroatoms. The minimum atomic E-state index is 0.677. The first kappa shape index (κ1) is 9.56. The van der Waals surface area contributed by atoms with Crippen molar-refractivity contribution in [1.82, 2.24) is 4.57 Å². The van der Waals surface area contributed by atoms with Crippen LogP contribution in [0.5, 0.6) is 0 Å². The molecule has 0 fully saturated rings. The van der Waals surface area contributed by atoms with Gasteiger partial charge in [-0.25, -0.2) is 0 Å². The first-order valence-electron chi connectivity index (χ1n) is 4.66. The summed E-state index contributed by atoms with van der Waals surface area (Å²) in [5, 5.41) is 1.92. The fraction of sp³-hybridized carbons (Fsp3) is 0.273. The number of fused-ring (bicyclic) bond motifs is 1. The number of nitrogens with zero attached hydrogens (tertiary/aromatic N) is 1. The fourth-order valence-electron chi connectivity index (χ4n) is 1.71. The van der Waals surface area contributed by atoms with Gasteiger partial charge in [0, 0.05) is 24.1 Å². The van der Waals surface area contributed by atoms with Gasteiger partial charge in [0.2, 0.25) is 0 Å². The van der Waals surface area contributed by atoms with E-state index in [-0.39, 0.29) is 0 Å². The van der Waals surface area contributed by atoms with E-state index in [2.05, 4.69) is 18.2 Å². The molecule has 0 amide bonds. The van der Waals surface area contributed by atoms with Gasteiger partial charge in [0.15, 0.2) is 0 Å². The maximum absolute atomic E-state index is 6.10. The monoisotopic (exact) mass is 208 g/mol. The SMILES string of the molecule is Cn1cc(Cl)c2cc(CCN)ccc21. The normalized spacial score (nSPS) is 11.1. The number of benzene rings is 1. The Morgan fingerprint density at radius 2 is 2.21 bits per heavy atom. The smallest absolute Gasteiger partial charge is 0.0661 e. The molecule has 0 saturated carbocycles. The molecule has 0 unspecified atom stereocenters. The molecular weight excluding hydrogens is 196 g/mol. The lowest BCUT2D eigenvalue weighted by Gasteiger charge is -2.00. The lowest BCUT2D eigenvalue weighted by molar-refractivity contribution is 0.960. The van der Waals surface area contributed by atoms with Gasteiger partial charge in [0.1, 0.15) is 0 Å². The molecule has 0 saturated heterocycles. The van der Waals surface area contributed by atoms with E-state index < -0.39 is 0 Å². The van der Waals surface area contributed by atoms with Gasteiger partial charge in [-0.05, 0) is 30.7 Å². The van der Waals surface area contributed by atoms with E-state index in [4.69, 9.17) is 17.3 Å². The van der Waals surface area contributed by atoms with Crippen LogP contribution < -0.4 is 5.73 Å². The predicted octanol–water partition coefficient (Wildman–Crippen LogP) is 2.33. The van der Waals surface area contributed by atoms with E-state index in [1.807, 2.05) is 17.8 Å². The summed E-state index contributed by atoms with van der Waals surface area (Å²) in [6.07, 6.45) is 2.83. The highest BCUT2D eigenvalue weighted by Gasteiger charge is 2.04. The third-order valence-electron chi connectivity index (χ3n) is 2.44. The molecular formula is C11H13ClN2. The summed E-state index contributed by atoms with van der Waals surface area (Å²) < 4.78 is 2.03. The van der Waals surface area contributed by atoms with Crippen LogP contribution in [0.3, 0.4) is 0 Å². The van der Waals surface area contributed by atoms with Gasteiger partial charge in [-0.1, -0.05) is 17.7 Å². The van der Waals surface area contributed by atoms with Crippen LogP contribution in [0, 0.1) is 0 Å². The van der Waals surface area contributed by atoms with Gasteiger partial charge in [0.05, 0.1) is 5.02 Å². The molecule has 0 radical (unpaired) electrons. The second-order valence-electron chi connectivity index (χ2n) is 3.48. The van der Waals surface area contributed by atoms with Crippen LogP contribution in [0.1, 0.15) is 5.56 Å². The summed E-state index contributed by atoms with van der Waals surface area (Å²) in [5.41, 5.74) is 7.92. The molecule has 1 heterocycles. The summed E-state index contributed by atoms with van der Waals surface area (Å²) in [7, 11) is 2.00. The Kier molecular flexibility index (Phi) is 2.48. The van der Waals surface area contributed by atoms with Crippen molar-refractivity contribution in [3.63, 3.8) is 0 Å². The van der Waals surface area contributed by atoms with E-state index >= 15 is 0 Å². The molecule has 14 heavy (non-hydrogen) atoms. The van der Waals surface area contributed by atoms with Crippen LogP contribution >= 0.6 is 11.6 Å². The molecule has 2 nitrogen and oxygen atoms in total. The average molecular weight is 209 g/mol. The minimum absolute atomic E-state index is 0.677. The van der Waals surface area contributed by atoms with E-state index in [0.717, 1.165) is 22.3 Å². The maximum atomic E-state index is 6.10. The molecule has 2 rings (SSSR count). The number of hydrogen-bond donors (Lipinski definition) is 1. The molecule has 1 aromatic carbocycles. The van der Waals surface area contributed by atoms with Gasteiger partial charge >= 0.3 is 0 Å². The van der Waals surface area contributed by atoms with Crippen molar-refractivity contribution in [2.75, 3.05) is 6.54 Å². The van der Waals surface area contributed by atoms with Crippen molar-refractivity contribution < 1.29 is 0 Å². The highest BCUT2D eigenvalue weighted by atomic mass is 35.5. The highest BCUT2D eigenvalue weighted by Crippen LogP contribution is 2.25. The molecule has 0 aliphatic carbocycles. The first-order chi connectivity index (χ1) is 6.72. The van der Waals surface area contributed by atoms with E-state index in [0.29, 0.717) is 6.54 Å². The Morgan fingerprint density at radius 3 is 2.93 bits per heavy atom. The number of hydrogen-bond acceptors (Lipinski definition) is 1. The Morgan fingerprint density at radius 1 is 1.43 bits per heavy atom. The third-order valence-corrected chi connectivity index (χ3v) is 2.74. The zero-order valence-electron chi connectivity index (χ0n) is 8.13. The minimum Gasteiger partial charge on any atom is -0.349 e. The molecule has 0 atom stereocenters. The number of halogens is 1. The van der Waals surface area contributed by atoms with Crippen LogP contribution in [0.4, 0.5) is 0 Å². The Hall–Kier alpha value is -0.990. The molecule has 0 bridgehead atoms. The molecule has 1 aromatic heterocycles. The van der Waals surface area contributed by atoms with Crippen molar-refractivity contribution in [1.29, 1.82) is 0 Å². The van der Waals surface area contributed by atoms with Crippen LogP contribution in [0.25, 0.3) is 10.9 Å². The van der Waals surface area contributed by atoms with Gasteiger partial charge in [-0.3, -0.25) is 0 Å². The Balaban J connectivity index is 2.59. The van der Waals surface area contributed by atoms with Crippen LogP contribution in [-0.4, -0.2) is 11.1 Å². The largest absolute Gasteiger partial charge is 0.349 e. The summed E-state index contributed by atoms with van der Waals surface area (Å²) in [6, 6.07) is 6.31. The van der Waals surface area contributed by atoms with Gasteiger partial charge < -0.3 is 10.3 Å². The predicted molar refractivity (Wildman–Crippen MR) is 60.7 cm³/mol. The van der Waals surface area contributed by atoms with Crippen LogP contribution in [-0.2, 0) is 13.5 Å². The molecule has 0 aliphatic rings. The standard InChI is InChI=1S/C11H13ClN2/c1-14-7-10(12)9-6-8(4-5-13)2-3-11(9)14/h2-3,6-7H,4-5,13H2,1H3. The van der Waals surface area contributed by atoms with Crippen LogP contribution in [0.15, 0.2) is 24.4 Å². The fourth-order valence-corrected chi connectivity index (χ4v) is 2.01. The van der Waals surface area contributed by atoms with Crippen LogP contribution in [0.2, 0.25) is 5.02 Å². The van der Waals surface area contributed by atoms with Gasteiger partial charge in [-0.2, -0.15) is 0 Å². The number of aryl methyl sites for hydroxylation is 1. The summed E-state index contributed by atoms with van der Waals surface area (Å²) in [4.78, 5) is 0. The van der Waals surface area contributed by atoms with Crippen molar-refractivity contribution in [2.45, 2.75) is 6.42 Å². The van der Waals surface area contributed by atoms with E-state index in [1.165, 1.54) is 5.56 Å². The summed E-state index contributed by atoms with van der Waals surface area (Å²) in [5.74, 6) is 0. The molecule has 0 spiro atoms. The zero-order valence-corrected chi connectivity index (χ0v) is 8.88. The lowest BCUT2D eigenvalue weighted by Crippen LogP contribution is -2.02. The van der Waals surface area contributed by atoms with Crippen molar-refractivity contribution in [3.05, 3.63) is 35.0 Å². The molecule has 74 valence electrons. The topological polar surface area (TPSA) is 30.9 Å². The maximum Gasteiger partial charge on any atom is 0.0661 e. The Labute approximate surface area is 88.3 Å². The zero-order chi connectivity index (χ0) is 10.1. The van der Waals surface area contributed by atoms with Crippen molar-refractivity contribution in [3.8, 4) is 0 Å². The number of rotatable bonds is 2. The summed E-state index contributed by atoms with van der Waals surface area (Å²) >= 11 is 6.10. The second kappa shape index (κ2) is 3.64. The average Bonchev–Trinajstić information content (AvgIpc) is 2.43. The van der Waals surface area contributed by atoms with E-state index in [9.17, 15) is 0 Å². The van der Waals surface area contributed by atoms with Crippen molar-refractivity contribution in [2.24, 2.45) is 12.8 Å². The Bertz CT molecular complexity index is 460. The first-order valence-corrected chi connectivity index (χ1v) is 5.03. The summed E-state index contributed by atoms with van der Waals surface area (Å²) in [6.45, 7) is 0.677. The lowest BCUT2D eigenvalue weighted by atomic mass is 10.1. The highest BCUT2D eigenvalue weighted by molar-refractivity contribution is 6.35. The van der Waals surface area contributed by atoms with Crippen molar-refractivity contribution >= 4 is 22.5 Å². The number of nitrogens with two attached hydrogens (primary N) is 1. The molecule has 0 aliphatic heterocycles. The van der Waals surface area contributed by atoms with Gasteiger partial charge in [-0.15, -0.1) is 0 Å². The third kappa shape index (κ3) is 1.51. The number of aromatic nitrogens is 1. The van der Waals surface area contributed by atoms with Gasteiger partial charge in [0.25, 0.3) is 0 Å². The molecule has 2 aromatic rings. The second-order valence-corrected chi connectivity index (χ2v) is 3.89. The quantitative estimate of drug-likeness (QED) is 0.807. The molecule has 2 N–H and O–H groups in total. The van der Waals surface area contributed by atoms with E-state index in [1.54, 1.807) is 0 Å².